The van der Waals surface area contributed by atoms with Crippen molar-refractivity contribution in [2.24, 2.45) is 0 Å². The number of aromatic nitrogens is 2. The molecular weight excluding hydrogens is 441 g/mol. The summed E-state index contributed by atoms with van der Waals surface area (Å²) in [6, 6.07) is 10.1. The predicted molar refractivity (Wildman–Crippen MR) is 109 cm³/mol. The van der Waals surface area contributed by atoms with Crippen molar-refractivity contribution in [3.63, 3.8) is 0 Å². The van der Waals surface area contributed by atoms with Gasteiger partial charge in [0, 0.05) is 11.3 Å². The quantitative estimate of drug-likeness (QED) is 0.462. The van der Waals surface area contributed by atoms with Gasteiger partial charge in [-0.25, -0.2) is 4.79 Å². The van der Waals surface area contributed by atoms with Gasteiger partial charge in [0.25, 0.3) is 10.0 Å². The predicted octanol–water partition coefficient (Wildman–Crippen LogP) is 3.47. The Kier molecular flexibility index (Phi) is 5.74. The van der Waals surface area contributed by atoms with Crippen molar-refractivity contribution in [3.05, 3.63) is 58.2 Å². The summed E-state index contributed by atoms with van der Waals surface area (Å²) in [5.74, 6) is -0.505. The van der Waals surface area contributed by atoms with Gasteiger partial charge in [-0.2, -0.15) is 12.5 Å². The van der Waals surface area contributed by atoms with E-state index in [1.54, 1.807) is 12.1 Å². The highest BCUT2D eigenvalue weighted by Crippen LogP contribution is 2.37. The van der Waals surface area contributed by atoms with Crippen LogP contribution in [0, 0.1) is 0 Å². The summed E-state index contributed by atoms with van der Waals surface area (Å²) in [5.41, 5.74) is 5.93. The number of anilines is 1. The molecule has 0 bridgehead atoms. The zero-order valence-electron chi connectivity index (χ0n) is 15.2. The topological polar surface area (TPSA) is 114 Å². The number of rotatable bonds is 5. The zero-order valence-corrected chi connectivity index (χ0v) is 17.5. The molecule has 2 aromatic carbocycles. The maximum atomic E-state index is 13.2. The molecule has 0 saturated heterocycles. The zero-order chi connectivity index (χ0) is 21.3. The average molecular weight is 456 g/mol. The van der Waals surface area contributed by atoms with Crippen LogP contribution >= 0.6 is 23.2 Å². The molecular formula is C18H15Cl2N3O5S. The summed E-state index contributed by atoms with van der Waals surface area (Å²) in [4.78, 5) is 12.0. The van der Waals surface area contributed by atoms with Crippen LogP contribution in [-0.4, -0.2) is 37.8 Å². The number of ether oxygens (including phenoxy) is 2. The number of hydrogen-bond acceptors (Lipinski definition) is 7. The van der Waals surface area contributed by atoms with Crippen LogP contribution in [0.15, 0.2) is 47.4 Å². The molecule has 2 N–H and O–H groups in total. The van der Waals surface area contributed by atoms with Gasteiger partial charge >= 0.3 is 5.97 Å². The molecule has 0 unspecified atom stereocenters. The Balaban J connectivity index is 2.30. The third kappa shape index (κ3) is 3.76. The highest BCUT2D eigenvalue weighted by atomic mass is 35.5. The SMILES string of the molecule is COC(=O)c1nn(S(=O)(=O)c2ccc(N)cc2)c(-c2ccc(OC)c(Cl)c2)c1Cl. The lowest BCUT2D eigenvalue weighted by atomic mass is 10.1. The summed E-state index contributed by atoms with van der Waals surface area (Å²) >= 11 is 12.5. The molecule has 8 nitrogen and oxygen atoms in total. The van der Waals surface area contributed by atoms with Crippen LogP contribution in [0.5, 0.6) is 5.75 Å². The molecule has 0 aliphatic rings. The van der Waals surface area contributed by atoms with Crippen LogP contribution in [0.1, 0.15) is 10.5 Å². The van der Waals surface area contributed by atoms with E-state index in [1.165, 1.54) is 37.4 Å². The van der Waals surface area contributed by atoms with Crippen molar-refractivity contribution >= 4 is 44.9 Å². The molecule has 1 aromatic heterocycles. The molecule has 0 radical (unpaired) electrons. The Morgan fingerprint density at radius 2 is 1.76 bits per heavy atom. The van der Waals surface area contributed by atoms with E-state index in [0.29, 0.717) is 21.1 Å². The number of hydrogen-bond donors (Lipinski definition) is 1. The molecule has 0 aliphatic carbocycles. The highest BCUT2D eigenvalue weighted by Gasteiger charge is 2.30. The van der Waals surface area contributed by atoms with E-state index < -0.39 is 16.0 Å². The van der Waals surface area contributed by atoms with E-state index in [2.05, 4.69) is 9.84 Å². The Morgan fingerprint density at radius 3 is 2.31 bits per heavy atom. The smallest absolute Gasteiger partial charge is 0.360 e. The van der Waals surface area contributed by atoms with E-state index in [0.717, 1.165) is 7.11 Å². The fourth-order valence-corrected chi connectivity index (χ4v) is 4.49. The first kappa shape index (κ1) is 21.0. The van der Waals surface area contributed by atoms with Gasteiger partial charge in [0.05, 0.1) is 24.1 Å². The lowest BCUT2D eigenvalue weighted by molar-refractivity contribution is 0.0594. The summed E-state index contributed by atoms with van der Waals surface area (Å²) < 4.78 is 36.9. The molecule has 3 rings (SSSR count). The van der Waals surface area contributed by atoms with Crippen LogP contribution in [0.25, 0.3) is 11.3 Å². The number of halogens is 2. The van der Waals surface area contributed by atoms with Crippen LogP contribution in [0.2, 0.25) is 10.0 Å². The van der Waals surface area contributed by atoms with Crippen molar-refractivity contribution < 1.29 is 22.7 Å². The molecule has 152 valence electrons. The lowest BCUT2D eigenvalue weighted by Crippen LogP contribution is -2.17. The fraction of sp³-hybridized carbons (Fsp3) is 0.111. The fourth-order valence-electron chi connectivity index (χ4n) is 2.57. The van der Waals surface area contributed by atoms with Crippen LogP contribution < -0.4 is 10.5 Å². The monoisotopic (exact) mass is 455 g/mol. The van der Waals surface area contributed by atoms with Crippen molar-refractivity contribution in [1.82, 2.24) is 9.19 Å². The molecule has 0 spiro atoms. The minimum Gasteiger partial charge on any atom is -0.495 e. The van der Waals surface area contributed by atoms with E-state index in [9.17, 15) is 13.2 Å². The van der Waals surface area contributed by atoms with Crippen LogP contribution in [0.4, 0.5) is 5.69 Å². The number of nitrogens with two attached hydrogens (primary N) is 1. The number of benzene rings is 2. The van der Waals surface area contributed by atoms with Crippen LogP contribution in [-0.2, 0) is 14.8 Å². The Morgan fingerprint density at radius 1 is 1.10 bits per heavy atom. The summed E-state index contributed by atoms with van der Waals surface area (Å²) in [6.45, 7) is 0. The van der Waals surface area contributed by atoms with Gasteiger partial charge in [-0.05, 0) is 42.5 Å². The number of methoxy groups -OCH3 is 2. The largest absolute Gasteiger partial charge is 0.495 e. The van der Waals surface area contributed by atoms with Crippen molar-refractivity contribution in [2.45, 2.75) is 4.90 Å². The first-order valence-corrected chi connectivity index (χ1v) is 10.2. The summed E-state index contributed by atoms with van der Waals surface area (Å²) in [5, 5.41) is 3.94. The Hall–Kier alpha value is -2.75. The van der Waals surface area contributed by atoms with E-state index >= 15 is 0 Å². The maximum Gasteiger partial charge on any atom is 0.360 e. The second-order valence-electron chi connectivity index (χ2n) is 5.77. The van der Waals surface area contributed by atoms with Gasteiger partial charge in [0.15, 0.2) is 5.69 Å². The standard InChI is InChI=1S/C18H15Cl2N3O5S/c1-27-14-8-3-10(9-13(14)19)17-15(20)16(18(24)28-2)22-23(17)29(25,26)12-6-4-11(21)5-7-12/h3-9H,21H2,1-2H3. The third-order valence-corrected chi connectivity index (χ3v) is 6.25. The van der Waals surface area contributed by atoms with Gasteiger partial charge in [-0.1, -0.05) is 23.2 Å². The molecule has 3 aromatic rings. The molecule has 0 atom stereocenters. The number of carbonyl (C=O) groups is 1. The van der Waals surface area contributed by atoms with Crippen LogP contribution in [0.3, 0.4) is 0 Å². The number of nitrogens with zero attached hydrogens (tertiary/aromatic N) is 2. The molecule has 29 heavy (non-hydrogen) atoms. The van der Waals surface area contributed by atoms with Crippen molar-refractivity contribution in [1.29, 1.82) is 0 Å². The summed E-state index contributed by atoms with van der Waals surface area (Å²) in [7, 11) is -1.64. The minimum atomic E-state index is -4.22. The Labute approximate surface area is 176 Å². The second-order valence-corrected chi connectivity index (χ2v) is 8.32. The molecule has 11 heteroatoms. The molecule has 0 amide bonds. The number of nitrogen functional groups attached to an aromatic ring is 1. The van der Waals surface area contributed by atoms with E-state index in [1.807, 2.05) is 0 Å². The van der Waals surface area contributed by atoms with Gasteiger partial charge in [0.1, 0.15) is 16.5 Å². The molecule has 0 saturated carbocycles. The van der Waals surface area contributed by atoms with Gasteiger partial charge in [0.2, 0.25) is 0 Å². The second kappa shape index (κ2) is 7.94. The molecule has 0 aliphatic heterocycles. The average Bonchev–Trinajstić information content (AvgIpc) is 3.05. The molecule has 1 heterocycles. The summed E-state index contributed by atoms with van der Waals surface area (Å²) in [6.07, 6.45) is 0. The maximum absolute atomic E-state index is 13.2. The third-order valence-electron chi connectivity index (χ3n) is 4.01. The molecule has 0 fully saturated rings. The lowest BCUT2D eigenvalue weighted by Gasteiger charge is -2.11. The van der Waals surface area contributed by atoms with E-state index in [-0.39, 0.29) is 26.3 Å². The first-order valence-electron chi connectivity index (χ1n) is 8.02. The first-order chi connectivity index (χ1) is 13.7. The number of carbonyl (C=O) groups excluding carboxylic acids is 1. The van der Waals surface area contributed by atoms with Gasteiger partial charge < -0.3 is 15.2 Å². The normalized spacial score (nSPS) is 11.3. The van der Waals surface area contributed by atoms with Crippen molar-refractivity contribution in [3.8, 4) is 17.0 Å². The minimum absolute atomic E-state index is 0.0477. The van der Waals surface area contributed by atoms with E-state index in [4.69, 9.17) is 33.7 Å². The van der Waals surface area contributed by atoms with Crippen molar-refractivity contribution in [2.75, 3.05) is 20.0 Å². The Bertz CT molecular complexity index is 1190. The van der Waals surface area contributed by atoms with Gasteiger partial charge in [-0.3, -0.25) is 0 Å². The van der Waals surface area contributed by atoms with Gasteiger partial charge in [-0.15, -0.1) is 5.10 Å². The number of esters is 1. The highest BCUT2D eigenvalue weighted by molar-refractivity contribution is 7.90.